The molecule has 1 heterocycles. The lowest BCUT2D eigenvalue weighted by Crippen LogP contribution is -2.33. The predicted molar refractivity (Wildman–Crippen MR) is 114 cm³/mol. The summed E-state index contributed by atoms with van der Waals surface area (Å²) in [6.45, 7) is 6.20. The average Bonchev–Trinajstić information content (AvgIpc) is 3.06. The normalized spacial score (nSPS) is 11.2. The zero-order valence-electron chi connectivity index (χ0n) is 17.7. The number of fused-ring (bicyclic) bond motifs is 1. The van der Waals surface area contributed by atoms with Crippen LogP contribution in [0.3, 0.4) is 0 Å². The Morgan fingerprint density at radius 2 is 1.93 bits per heavy atom. The van der Waals surface area contributed by atoms with Crippen molar-refractivity contribution in [3.63, 3.8) is 0 Å². The van der Waals surface area contributed by atoms with Crippen molar-refractivity contribution < 1.29 is 13.6 Å². The number of aromatic nitrogens is 2. The number of halogens is 2. The van der Waals surface area contributed by atoms with Crippen LogP contribution in [0.4, 0.5) is 8.78 Å². The maximum absolute atomic E-state index is 14.2. The molecular formula is C23H28F2N4O. The summed E-state index contributed by atoms with van der Waals surface area (Å²) in [6.07, 6.45) is 1.61. The van der Waals surface area contributed by atoms with E-state index in [1.165, 1.54) is 0 Å². The molecule has 0 spiro atoms. The molecule has 1 aromatic heterocycles. The first-order valence-corrected chi connectivity index (χ1v) is 10.3. The second kappa shape index (κ2) is 9.80. The van der Waals surface area contributed by atoms with Gasteiger partial charge in [-0.15, -0.1) is 0 Å². The summed E-state index contributed by atoms with van der Waals surface area (Å²) in [7, 11) is 1.89. The van der Waals surface area contributed by atoms with E-state index in [0.29, 0.717) is 13.0 Å². The molecule has 3 aromatic rings. The Balaban J connectivity index is 1.98. The van der Waals surface area contributed by atoms with Gasteiger partial charge in [-0.2, -0.15) is 0 Å². The molecule has 5 nitrogen and oxygen atoms in total. The molecule has 1 amide bonds. The number of nitrogens with one attached hydrogen (secondary N) is 1. The van der Waals surface area contributed by atoms with Crippen molar-refractivity contribution in [2.24, 2.45) is 0 Å². The first-order valence-electron chi connectivity index (χ1n) is 10.3. The Morgan fingerprint density at radius 3 is 2.63 bits per heavy atom. The second-order valence-corrected chi connectivity index (χ2v) is 7.38. The summed E-state index contributed by atoms with van der Waals surface area (Å²) in [5.74, 6) is -1.14. The van der Waals surface area contributed by atoms with Crippen LogP contribution < -0.4 is 5.32 Å². The lowest BCUT2D eigenvalue weighted by atomic mass is 10.1. The van der Waals surface area contributed by atoms with Gasteiger partial charge >= 0.3 is 0 Å². The quantitative estimate of drug-likeness (QED) is 0.561. The minimum Gasteiger partial charge on any atom is -0.331 e. The highest BCUT2D eigenvalue weighted by atomic mass is 19.1. The van der Waals surface area contributed by atoms with Crippen LogP contribution in [-0.2, 0) is 19.6 Å². The summed E-state index contributed by atoms with van der Waals surface area (Å²) in [6, 6.07) is 9.11. The molecule has 0 fully saturated rings. The van der Waals surface area contributed by atoms with E-state index in [4.69, 9.17) is 4.98 Å². The van der Waals surface area contributed by atoms with Crippen LogP contribution in [0.1, 0.15) is 48.4 Å². The Kier molecular flexibility index (Phi) is 7.15. The molecule has 0 radical (unpaired) electrons. The third-order valence-corrected chi connectivity index (χ3v) is 4.99. The van der Waals surface area contributed by atoms with E-state index < -0.39 is 17.5 Å². The molecule has 0 saturated heterocycles. The molecule has 0 saturated carbocycles. The van der Waals surface area contributed by atoms with Crippen LogP contribution in [0.25, 0.3) is 11.0 Å². The fourth-order valence-corrected chi connectivity index (χ4v) is 3.66. The standard InChI is InChI=1S/C23H28F2N4O/c1-4-10-28(23(30)18-13-17(24)7-8-19(18)25)15-22-27-20-12-16(14-26-3)6-9-21(20)29(22)11-5-2/h6-9,12-13,26H,4-5,10-11,14-15H2,1-3H3. The second-order valence-electron chi connectivity index (χ2n) is 7.38. The van der Waals surface area contributed by atoms with Gasteiger partial charge in [0.05, 0.1) is 23.1 Å². The zero-order valence-corrected chi connectivity index (χ0v) is 17.7. The molecule has 0 aliphatic rings. The van der Waals surface area contributed by atoms with Gasteiger partial charge in [-0.05, 0) is 55.8 Å². The summed E-state index contributed by atoms with van der Waals surface area (Å²) < 4.78 is 29.9. The molecule has 0 unspecified atom stereocenters. The van der Waals surface area contributed by atoms with Crippen LogP contribution in [0, 0.1) is 11.6 Å². The summed E-state index contributed by atoms with van der Waals surface area (Å²) in [5.41, 5.74) is 2.75. The molecule has 160 valence electrons. The number of imidazole rings is 1. The van der Waals surface area contributed by atoms with Gasteiger partial charge in [-0.1, -0.05) is 19.9 Å². The van der Waals surface area contributed by atoms with Crippen LogP contribution in [-0.4, -0.2) is 34.0 Å². The number of benzene rings is 2. The molecule has 0 aliphatic carbocycles. The van der Waals surface area contributed by atoms with Crippen molar-refractivity contribution in [2.75, 3.05) is 13.6 Å². The minimum atomic E-state index is -0.721. The molecule has 0 aliphatic heterocycles. The lowest BCUT2D eigenvalue weighted by molar-refractivity contribution is 0.0732. The fourth-order valence-electron chi connectivity index (χ4n) is 3.66. The Bertz CT molecular complexity index is 1030. The molecule has 1 N–H and O–H groups in total. The van der Waals surface area contributed by atoms with Crippen molar-refractivity contribution in [3.05, 3.63) is 65.0 Å². The number of carbonyl (C=O) groups excluding carboxylic acids is 1. The van der Waals surface area contributed by atoms with Gasteiger partial charge in [0, 0.05) is 19.6 Å². The van der Waals surface area contributed by atoms with Crippen LogP contribution in [0.15, 0.2) is 36.4 Å². The average molecular weight is 415 g/mol. The third-order valence-electron chi connectivity index (χ3n) is 4.99. The smallest absolute Gasteiger partial charge is 0.257 e. The van der Waals surface area contributed by atoms with Crippen molar-refractivity contribution >= 4 is 16.9 Å². The number of hydrogen-bond acceptors (Lipinski definition) is 3. The molecular weight excluding hydrogens is 386 g/mol. The molecule has 7 heteroatoms. The monoisotopic (exact) mass is 414 g/mol. The molecule has 0 atom stereocenters. The number of carbonyl (C=O) groups is 1. The predicted octanol–water partition coefficient (Wildman–Crippen LogP) is 4.50. The van der Waals surface area contributed by atoms with Gasteiger partial charge in [-0.3, -0.25) is 4.79 Å². The topological polar surface area (TPSA) is 50.2 Å². The van der Waals surface area contributed by atoms with Crippen molar-refractivity contribution in [1.29, 1.82) is 0 Å². The van der Waals surface area contributed by atoms with Gasteiger partial charge < -0.3 is 14.8 Å². The molecule has 3 rings (SSSR count). The van der Waals surface area contributed by atoms with Crippen LogP contribution >= 0.6 is 0 Å². The highest BCUT2D eigenvalue weighted by molar-refractivity contribution is 5.94. The fraction of sp³-hybridized carbons (Fsp3) is 0.391. The SMILES string of the molecule is CCCN(Cc1nc2cc(CNC)ccc2n1CCC)C(=O)c1cc(F)ccc1F. The van der Waals surface area contributed by atoms with Crippen molar-refractivity contribution in [1.82, 2.24) is 19.8 Å². The number of aryl methyl sites for hydroxylation is 1. The Hall–Kier alpha value is -2.80. The Labute approximate surface area is 175 Å². The van der Waals surface area contributed by atoms with Gasteiger partial charge in [-0.25, -0.2) is 13.8 Å². The maximum atomic E-state index is 14.2. The van der Waals surface area contributed by atoms with E-state index in [-0.39, 0.29) is 12.1 Å². The van der Waals surface area contributed by atoms with E-state index in [0.717, 1.165) is 60.1 Å². The minimum absolute atomic E-state index is 0.235. The van der Waals surface area contributed by atoms with E-state index in [1.807, 2.05) is 26.1 Å². The van der Waals surface area contributed by atoms with Crippen molar-refractivity contribution in [2.45, 2.75) is 46.3 Å². The number of rotatable bonds is 9. The van der Waals surface area contributed by atoms with Gasteiger partial charge in [0.2, 0.25) is 0 Å². The van der Waals surface area contributed by atoms with Crippen LogP contribution in [0.5, 0.6) is 0 Å². The van der Waals surface area contributed by atoms with Crippen molar-refractivity contribution in [3.8, 4) is 0 Å². The maximum Gasteiger partial charge on any atom is 0.257 e. The largest absolute Gasteiger partial charge is 0.331 e. The van der Waals surface area contributed by atoms with E-state index in [9.17, 15) is 13.6 Å². The third kappa shape index (κ3) is 4.67. The summed E-state index contributed by atoms with van der Waals surface area (Å²) in [4.78, 5) is 19.3. The van der Waals surface area contributed by atoms with Gasteiger partial charge in [0.25, 0.3) is 5.91 Å². The van der Waals surface area contributed by atoms with E-state index in [2.05, 4.69) is 22.9 Å². The first kappa shape index (κ1) is 21.9. The van der Waals surface area contributed by atoms with E-state index in [1.54, 1.807) is 4.90 Å². The molecule has 30 heavy (non-hydrogen) atoms. The highest BCUT2D eigenvalue weighted by Gasteiger charge is 2.22. The van der Waals surface area contributed by atoms with Crippen LogP contribution in [0.2, 0.25) is 0 Å². The van der Waals surface area contributed by atoms with E-state index >= 15 is 0 Å². The number of amides is 1. The summed E-state index contributed by atoms with van der Waals surface area (Å²) >= 11 is 0. The zero-order chi connectivity index (χ0) is 21.7. The van der Waals surface area contributed by atoms with Gasteiger partial charge in [0.15, 0.2) is 0 Å². The lowest BCUT2D eigenvalue weighted by Gasteiger charge is -2.23. The number of nitrogens with zero attached hydrogens (tertiary/aromatic N) is 3. The molecule has 2 aromatic carbocycles. The Morgan fingerprint density at radius 1 is 1.13 bits per heavy atom. The first-order chi connectivity index (χ1) is 14.5. The molecule has 0 bridgehead atoms. The summed E-state index contributed by atoms with van der Waals surface area (Å²) in [5, 5.41) is 3.13. The number of hydrogen-bond donors (Lipinski definition) is 1. The highest BCUT2D eigenvalue weighted by Crippen LogP contribution is 2.21. The van der Waals surface area contributed by atoms with Gasteiger partial charge in [0.1, 0.15) is 17.5 Å².